The molecule has 6 unspecified atom stereocenters. The van der Waals surface area contributed by atoms with Gasteiger partial charge in [-0.2, -0.15) is 0 Å². The summed E-state index contributed by atoms with van der Waals surface area (Å²) in [5, 5.41) is 72.8. The molecule has 2 amide bonds. The number of carbonyl (C=O) groups excluding carboxylic acids is 4. The van der Waals surface area contributed by atoms with Crippen LogP contribution < -0.4 is 16.4 Å². The van der Waals surface area contributed by atoms with E-state index in [1.165, 1.54) is 0 Å². The van der Waals surface area contributed by atoms with Crippen LogP contribution >= 0.6 is 23.2 Å². The number of hydrogen-bond donors (Lipinski definition) is 13. The van der Waals surface area contributed by atoms with Crippen molar-refractivity contribution in [1.82, 2.24) is 10.6 Å². The highest BCUT2D eigenvalue weighted by Crippen LogP contribution is 2.60. The Bertz CT molecular complexity index is 2320. The van der Waals surface area contributed by atoms with Gasteiger partial charge in [0.05, 0.1) is 69.5 Å². The van der Waals surface area contributed by atoms with E-state index >= 15 is 0 Å². The van der Waals surface area contributed by atoms with Crippen molar-refractivity contribution < 1.29 is 120 Å². The van der Waals surface area contributed by atoms with Crippen LogP contribution in [0.1, 0.15) is 310 Å². The van der Waals surface area contributed by atoms with E-state index in [0.717, 1.165) is 205 Å². The minimum atomic E-state index is -5.86. The summed E-state index contributed by atoms with van der Waals surface area (Å²) in [5.41, 5.74) is 5.48. The van der Waals surface area contributed by atoms with Crippen LogP contribution in [0.15, 0.2) is 0 Å². The normalized spacial score (nSPS) is 23.5. The third-order valence-electron chi connectivity index (χ3n) is 18.5. The van der Waals surface area contributed by atoms with E-state index in [4.69, 9.17) is 42.8 Å². The predicted octanol–water partition coefficient (Wildman–Crippen LogP) is 11.0. The zero-order valence-electron chi connectivity index (χ0n) is 61.5. The van der Waals surface area contributed by atoms with E-state index in [9.17, 15) is 83.1 Å². The van der Waals surface area contributed by atoms with Gasteiger partial charge in [-0.05, 0) is 25.7 Å². The first-order valence-corrected chi connectivity index (χ1v) is 43.4. The molecule has 2 fully saturated rings. The molecule has 0 aromatic heterocycles. The Kier molecular flexibility index (Phi) is 52.8. The number of nitrogens with two attached hydrogens (primary N) is 1. The molecule has 2 saturated heterocycles. The smallest absolute Gasteiger partial charge is 0.457 e. The van der Waals surface area contributed by atoms with Gasteiger partial charge in [-0.3, -0.25) is 32.8 Å². The Morgan fingerprint density at radius 1 is 0.446 bits per heavy atom. The second kappa shape index (κ2) is 56.2. The van der Waals surface area contributed by atoms with E-state index in [1.807, 2.05) is 0 Å². The number of rotatable bonds is 64. The molecule has 0 aliphatic carbocycles. The van der Waals surface area contributed by atoms with Crippen LogP contribution in [-0.2, 0) is 69.9 Å². The van der Waals surface area contributed by atoms with Crippen molar-refractivity contribution in [1.29, 1.82) is 0 Å². The first kappa shape index (κ1) is 95.0. The fourth-order valence-electron chi connectivity index (χ4n) is 12.8. The highest BCUT2D eigenvalue weighted by Gasteiger charge is 2.55. The minimum Gasteiger partial charge on any atom is -0.457 e. The second-order valence-corrected chi connectivity index (χ2v) is 32.7. The highest BCUT2D eigenvalue weighted by molar-refractivity contribution is 7.64. The lowest BCUT2D eigenvalue weighted by Gasteiger charge is -2.47. The number of hydrogen-bond acceptors (Lipinski definition) is 22. The molecule has 0 aromatic rings. The Hall–Kier alpha value is -2.11. The zero-order chi connectivity index (χ0) is 74.9. The van der Waals surface area contributed by atoms with Crippen LogP contribution in [0.5, 0.6) is 0 Å². The number of phosphoric acid groups is 2. The van der Waals surface area contributed by atoms with Crippen LogP contribution in [0.25, 0.3) is 0 Å². The van der Waals surface area contributed by atoms with Gasteiger partial charge in [0.1, 0.15) is 36.5 Å². The van der Waals surface area contributed by atoms with Crippen LogP contribution in [-0.4, -0.2) is 186 Å². The molecule has 14 N–H and O–H groups in total. The number of nitrogens with one attached hydrogen (secondary N) is 2. The van der Waals surface area contributed by atoms with Crippen LogP contribution in [0.4, 0.5) is 0 Å². The molecule has 2 aliphatic rings. The van der Waals surface area contributed by atoms with Gasteiger partial charge in [0, 0.05) is 6.54 Å². The summed E-state index contributed by atoms with van der Waals surface area (Å²) in [7, 11) is -16.5. The van der Waals surface area contributed by atoms with E-state index in [0.29, 0.717) is 25.7 Å². The summed E-state index contributed by atoms with van der Waals surface area (Å²) in [6, 6.07) is -3.94. The lowest BCUT2D eigenvalue weighted by molar-refractivity contribution is -0.296. The van der Waals surface area contributed by atoms with Crippen molar-refractivity contribution in [3.63, 3.8) is 0 Å². The van der Waals surface area contributed by atoms with Crippen molar-refractivity contribution in [2.45, 2.75) is 396 Å². The van der Waals surface area contributed by atoms with Gasteiger partial charge in [0.2, 0.25) is 11.8 Å². The Balaban J connectivity index is 2.69. The van der Waals surface area contributed by atoms with Gasteiger partial charge >= 0.3 is 35.2 Å². The van der Waals surface area contributed by atoms with E-state index in [2.05, 4.69) is 38.3 Å². The number of aliphatic hydroxyl groups excluding tert-OH is 6. The van der Waals surface area contributed by atoms with Crippen LogP contribution in [0.2, 0.25) is 0 Å². The summed E-state index contributed by atoms with van der Waals surface area (Å²) < 4.78 is 84.9. The minimum absolute atomic E-state index is 0.165. The molecule has 28 nitrogen and oxygen atoms in total. The molecule has 2 aliphatic heterocycles. The first-order chi connectivity index (χ1) is 48.2. The Morgan fingerprint density at radius 2 is 0.772 bits per heavy atom. The topological polar surface area (TPSA) is 446 Å². The summed E-state index contributed by atoms with van der Waals surface area (Å²) in [4.78, 5) is 98.4. The van der Waals surface area contributed by atoms with Gasteiger partial charge in [0.25, 0.3) is 0 Å². The molecule has 16 atom stereocenters. The molecule has 0 aromatic carbocycles. The van der Waals surface area contributed by atoms with Crippen molar-refractivity contribution in [2.24, 2.45) is 5.73 Å². The predicted molar refractivity (Wildman–Crippen MR) is 383 cm³/mol. The van der Waals surface area contributed by atoms with E-state index < -0.39 is 184 Å². The molecule has 596 valence electrons. The van der Waals surface area contributed by atoms with Crippen molar-refractivity contribution in [3.05, 3.63) is 0 Å². The van der Waals surface area contributed by atoms with Crippen molar-refractivity contribution in [2.75, 3.05) is 25.9 Å². The molecule has 2 rings (SSSR count). The SMILES string of the molecule is CCCCCCCCCCC[C@@H](O)CC(=O)NC1[C@@H](OP(=O)(O)OP(=O)(O)CCN)OC(CO[C@@H]2OC(CO)[C@@H](OP(=O)(O)O)[C@H](OC(=O)C[C@H](O)CCCCCCCCCCC)C2NC(=O)C[C@H](O)CCCCCCCCCCC)[C@@H](O)[C@@H]1OC(=O)C[C@H](O)CCCCCCCCCCC. The lowest BCUT2D eigenvalue weighted by Crippen LogP contribution is -2.68. The number of phosphoric ester groups is 2. The van der Waals surface area contributed by atoms with Crippen molar-refractivity contribution >= 4 is 47.0 Å². The van der Waals surface area contributed by atoms with E-state index in [1.54, 1.807) is 0 Å². The van der Waals surface area contributed by atoms with Gasteiger partial charge in [-0.15, -0.1) is 0 Å². The van der Waals surface area contributed by atoms with Crippen molar-refractivity contribution in [3.8, 4) is 0 Å². The first-order valence-electron chi connectivity index (χ1n) is 38.6. The number of esters is 2. The molecule has 0 radical (unpaired) electrons. The Morgan fingerprint density at radius 3 is 1.12 bits per heavy atom. The summed E-state index contributed by atoms with van der Waals surface area (Å²) in [6.07, 6.45) is 10.9. The third-order valence-corrected chi connectivity index (χ3v) is 22.1. The molecule has 0 saturated carbocycles. The monoisotopic (exact) mass is 1510 g/mol. The fraction of sp³-hybridized carbons (Fsp3) is 0.943. The van der Waals surface area contributed by atoms with Gasteiger partial charge in [-0.1, -0.05) is 259 Å². The number of ether oxygens (including phenoxy) is 5. The fourth-order valence-corrected chi connectivity index (χ4v) is 15.9. The highest BCUT2D eigenvalue weighted by atomic mass is 31.3. The van der Waals surface area contributed by atoms with Gasteiger partial charge in [0.15, 0.2) is 24.8 Å². The lowest BCUT2D eigenvalue weighted by atomic mass is 9.95. The molecular weight excluding hydrogens is 1380 g/mol. The molecular formula is C70H136N3O25P3. The average molecular weight is 1510 g/mol. The Labute approximate surface area is 602 Å². The molecule has 31 heteroatoms. The average Bonchev–Trinajstić information content (AvgIpc) is 0.781. The maximum Gasteiger partial charge on any atom is 0.481 e. The number of amides is 2. The maximum atomic E-state index is 14.2. The van der Waals surface area contributed by atoms with Crippen LogP contribution in [0.3, 0.4) is 0 Å². The van der Waals surface area contributed by atoms with Gasteiger partial charge in [-0.25, -0.2) is 13.4 Å². The van der Waals surface area contributed by atoms with Gasteiger partial charge < -0.3 is 90.3 Å². The van der Waals surface area contributed by atoms with E-state index in [-0.39, 0.29) is 25.7 Å². The molecule has 2 heterocycles. The zero-order valence-corrected chi connectivity index (χ0v) is 64.2. The quantitative estimate of drug-likeness (QED) is 0.0153. The molecule has 0 bridgehead atoms. The van der Waals surface area contributed by atoms with Crippen LogP contribution in [0, 0.1) is 0 Å². The molecule has 101 heavy (non-hydrogen) atoms. The maximum absolute atomic E-state index is 14.2. The number of carbonyl (C=O) groups is 4. The standard InChI is InChI=1S/C70H136N3O25P3/c1-5-9-13-17-21-25-29-33-37-41-53(75)47-59(79)72-63-67(94-61(81)49-55(77)43-39-35-31-27-23-19-15-11-7-3)65(83)58(93-70(63)97-101(89,90)98-99(84,85)46-45-71)52-91-69-64(73-60(80)48-54(76)42-38-34-30-26-22-18-14-10-6-2)68(66(57(51-74)92-69)96-100(86,87)88)95-62(82)50-56(78)44-40-36-32-28-24-20-16-12-8-4/h53-58,63-70,74-78,83H,5-52,71H2,1-4H3,(H,72,79)(H,73,80)(H,84,85)(H,89,90)(H2,86,87,88)/t53-,54-,55-,56-,57?,58?,63?,64?,65-,66-,67-,68-,69-,70-/m1/s1. The number of aliphatic hydroxyl groups is 6. The molecule has 0 spiro atoms. The second-order valence-electron chi connectivity index (χ2n) is 28.0. The summed E-state index contributed by atoms with van der Waals surface area (Å²) >= 11 is 0. The third kappa shape index (κ3) is 45.3. The summed E-state index contributed by atoms with van der Waals surface area (Å²) in [6.45, 7) is 5.89. The summed E-state index contributed by atoms with van der Waals surface area (Å²) in [5.74, 6) is -4.20. The number of unbranched alkanes of at least 4 members (excludes halogenated alkanes) is 32. The largest absolute Gasteiger partial charge is 0.481 e.